The molecule has 0 spiro atoms. The van der Waals surface area contributed by atoms with Gasteiger partial charge in [-0.15, -0.1) is 0 Å². The van der Waals surface area contributed by atoms with Crippen molar-refractivity contribution in [2.45, 2.75) is 13.0 Å². The number of nitrogens with one attached hydrogen (secondary N) is 1. The van der Waals surface area contributed by atoms with Gasteiger partial charge in [-0.05, 0) is 31.7 Å². The van der Waals surface area contributed by atoms with Gasteiger partial charge in [0.15, 0.2) is 0 Å². The summed E-state index contributed by atoms with van der Waals surface area (Å²) < 4.78 is 0. The Morgan fingerprint density at radius 2 is 1.86 bits per heavy atom. The normalized spacial score (nSPS) is 12.3. The van der Waals surface area contributed by atoms with Crippen molar-refractivity contribution in [3.8, 4) is 5.69 Å². The van der Waals surface area contributed by atoms with E-state index in [-0.39, 0.29) is 6.04 Å². The molecule has 0 bridgehead atoms. The van der Waals surface area contributed by atoms with Crippen LogP contribution in [0, 0.1) is 6.92 Å². The van der Waals surface area contributed by atoms with Crippen molar-refractivity contribution in [2.75, 3.05) is 7.05 Å². The second-order valence-corrected chi connectivity index (χ2v) is 5.03. The minimum atomic E-state index is 0.0439. The molecule has 4 nitrogen and oxygen atoms in total. The van der Waals surface area contributed by atoms with Gasteiger partial charge in [-0.25, -0.2) is 0 Å². The van der Waals surface area contributed by atoms with Crippen molar-refractivity contribution in [1.29, 1.82) is 0 Å². The van der Waals surface area contributed by atoms with Crippen molar-refractivity contribution < 1.29 is 0 Å². The Hall–Kier alpha value is -2.46. The molecule has 1 heterocycles. The molecule has 0 saturated heterocycles. The highest BCUT2D eigenvalue weighted by Crippen LogP contribution is 2.20. The Morgan fingerprint density at radius 1 is 1.05 bits per heavy atom. The maximum Gasteiger partial charge on any atom is 0.105 e. The molecule has 2 aromatic carbocycles. The molecule has 21 heavy (non-hydrogen) atoms. The van der Waals surface area contributed by atoms with Crippen LogP contribution >= 0.6 is 0 Å². The first-order valence-corrected chi connectivity index (χ1v) is 6.99. The van der Waals surface area contributed by atoms with Crippen LogP contribution in [0.15, 0.2) is 60.8 Å². The summed E-state index contributed by atoms with van der Waals surface area (Å²) in [6.07, 6.45) is 1.82. The summed E-state index contributed by atoms with van der Waals surface area (Å²) in [7, 11) is 1.94. The maximum atomic E-state index is 4.60. The highest BCUT2D eigenvalue weighted by molar-refractivity contribution is 5.32. The molecule has 0 radical (unpaired) electrons. The van der Waals surface area contributed by atoms with Crippen LogP contribution < -0.4 is 5.32 Å². The lowest BCUT2D eigenvalue weighted by Crippen LogP contribution is -2.18. The van der Waals surface area contributed by atoms with Gasteiger partial charge in [-0.3, -0.25) is 0 Å². The van der Waals surface area contributed by atoms with E-state index < -0.39 is 0 Å². The number of aryl methyl sites for hydroxylation is 1. The minimum absolute atomic E-state index is 0.0439. The van der Waals surface area contributed by atoms with Gasteiger partial charge in [-0.2, -0.15) is 15.0 Å². The van der Waals surface area contributed by atoms with Gasteiger partial charge in [0.05, 0.1) is 17.9 Å². The highest BCUT2D eigenvalue weighted by Gasteiger charge is 2.16. The predicted octanol–water partition coefficient (Wildman–Crippen LogP) is 2.88. The van der Waals surface area contributed by atoms with Crippen LogP contribution in [0.3, 0.4) is 0 Å². The summed E-state index contributed by atoms with van der Waals surface area (Å²) in [5, 5.41) is 12.3. The molecule has 0 aliphatic heterocycles. The summed E-state index contributed by atoms with van der Waals surface area (Å²) in [6, 6.07) is 18.4. The number of aromatic nitrogens is 3. The van der Waals surface area contributed by atoms with Gasteiger partial charge in [-0.1, -0.05) is 48.0 Å². The summed E-state index contributed by atoms with van der Waals surface area (Å²) in [4.78, 5) is 1.66. The molecule has 4 heteroatoms. The zero-order valence-corrected chi connectivity index (χ0v) is 12.2. The van der Waals surface area contributed by atoms with Gasteiger partial charge in [0, 0.05) is 0 Å². The third-order valence-electron chi connectivity index (χ3n) is 3.46. The molecule has 1 atom stereocenters. The first kappa shape index (κ1) is 13.5. The lowest BCUT2D eigenvalue weighted by molar-refractivity contribution is 0.649. The number of nitrogens with zero attached hydrogens (tertiary/aromatic N) is 3. The molecular weight excluding hydrogens is 260 g/mol. The largest absolute Gasteiger partial charge is 0.308 e. The smallest absolute Gasteiger partial charge is 0.105 e. The van der Waals surface area contributed by atoms with Crippen LogP contribution in [0.4, 0.5) is 0 Å². The number of rotatable bonds is 4. The highest BCUT2D eigenvalue weighted by atomic mass is 15.5. The molecule has 1 N–H and O–H groups in total. The lowest BCUT2D eigenvalue weighted by atomic mass is 10.0. The van der Waals surface area contributed by atoms with Crippen LogP contribution in [-0.4, -0.2) is 22.0 Å². The van der Waals surface area contributed by atoms with Gasteiger partial charge >= 0.3 is 0 Å². The predicted molar refractivity (Wildman–Crippen MR) is 83.4 cm³/mol. The van der Waals surface area contributed by atoms with Crippen molar-refractivity contribution in [2.24, 2.45) is 0 Å². The third-order valence-corrected chi connectivity index (χ3v) is 3.46. The topological polar surface area (TPSA) is 42.7 Å². The second kappa shape index (κ2) is 5.89. The van der Waals surface area contributed by atoms with E-state index in [2.05, 4.69) is 46.7 Å². The molecule has 0 fully saturated rings. The van der Waals surface area contributed by atoms with Crippen LogP contribution in [0.2, 0.25) is 0 Å². The average Bonchev–Trinajstić information content (AvgIpc) is 2.99. The van der Waals surface area contributed by atoms with E-state index in [0.29, 0.717) is 0 Å². The van der Waals surface area contributed by atoms with Gasteiger partial charge < -0.3 is 5.32 Å². The van der Waals surface area contributed by atoms with Crippen LogP contribution in [0.25, 0.3) is 5.69 Å². The van der Waals surface area contributed by atoms with Crippen molar-refractivity contribution in [3.63, 3.8) is 0 Å². The summed E-state index contributed by atoms with van der Waals surface area (Å²) in [5.41, 5.74) is 4.30. The van der Waals surface area contributed by atoms with Crippen LogP contribution in [-0.2, 0) is 0 Å². The summed E-state index contributed by atoms with van der Waals surface area (Å²) >= 11 is 0. The zero-order valence-electron chi connectivity index (χ0n) is 12.2. The number of hydrogen-bond donors (Lipinski definition) is 1. The number of benzene rings is 2. The molecule has 1 aromatic heterocycles. The zero-order chi connectivity index (χ0) is 14.7. The average molecular weight is 278 g/mol. The van der Waals surface area contributed by atoms with Crippen LogP contribution in [0.1, 0.15) is 22.9 Å². The fourth-order valence-corrected chi connectivity index (χ4v) is 2.43. The number of para-hydroxylation sites is 1. The third kappa shape index (κ3) is 2.85. The summed E-state index contributed by atoms with van der Waals surface area (Å²) in [6.45, 7) is 2.09. The molecule has 0 saturated carbocycles. The van der Waals surface area contributed by atoms with Gasteiger partial charge in [0.2, 0.25) is 0 Å². The van der Waals surface area contributed by atoms with Crippen molar-refractivity contribution in [3.05, 3.63) is 77.6 Å². The van der Waals surface area contributed by atoms with E-state index in [0.717, 1.165) is 11.4 Å². The molecular formula is C17H18N4. The first-order chi connectivity index (χ1) is 10.3. The molecule has 3 aromatic rings. The molecule has 3 rings (SSSR count). The Bertz CT molecular complexity index is 718. The second-order valence-electron chi connectivity index (χ2n) is 5.03. The molecule has 0 aliphatic rings. The molecule has 0 amide bonds. The summed E-state index contributed by atoms with van der Waals surface area (Å²) in [5.74, 6) is 0. The van der Waals surface area contributed by atoms with Crippen LogP contribution in [0.5, 0.6) is 0 Å². The quantitative estimate of drug-likeness (QED) is 0.798. The van der Waals surface area contributed by atoms with E-state index >= 15 is 0 Å². The minimum Gasteiger partial charge on any atom is -0.308 e. The molecule has 106 valence electrons. The Kier molecular flexibility index (Phi) is 3.79. The van der Waals surface area contributed by atoms with Gasteiger partial charge in [0.25, 0.3) is 0 Å². The molecule has 0 aliphatic carbocycles. The monoisotopic (exact) mass is 278 g/mol. The molecule has 1 unspecified atom stereocenters. The lowest BCUT2D eigenvalue weighted by Gasteiger charge is -2.14. The Morgan fingerprint density at radius 3 is 2.57 bits per heavy atom. The fraction of sp³-hybridized carbons (Fsp3) is 0.176. The van der Waals surface area contributed by atoms with Gasteiger partial charge in [0.1, 0.15) is 5.69 Å². The fourth-order valence-electron chi connectivity index (χ4n) is 2.43. The first-order valence-electron chi connectivity index (χ1n) is 6.99. The Labute approximate surface area is 124 Å². The van der Waals surface area contributed by atoms with Crippen molar-refractivity contribution >= 4 is 0 Å². The van der Waals surface area contributed by atoms with E-state index in [9.17, 15) is 0 Å². The SMILES string of the molecule is CNC(c1cccc(C)c1)c1cnn(-c2ccccc2)n1. The van der Waals surface area contributed by atoms with E-state index in [1.807, 2.05) is 43.6 Å². The maximum absolute atomic E-state index is 4.60. The standard InChI is InChI=1S/C17H18N4/c1-13-7-6-8-14(11-13)17(18-2)16-12-19-21(20-16)15-9-4-3-5-10-15/h3-12,17-18H,1-2H3. The van der Waals surface area contributed by atoms with Crippen molar-refractivity contribution in [1.82, 2.24) is 20.3 Å². The van der Waals surface area contributed by atoms with E-state index in [1.54, 1.807) is 4.80 Å². The van der Waals surface area contributed by atoms with E-state index in [4.69, 9.17) is 0 Å². The Balaban J connectivity index is 1.94. The van der Waals surface area contributed by atoms with E-state index in [1.165, 1.54) is 11.1 Å². The number of hydrogen-bond acceptors (Lipinski definition) is 3.